The lowest BCUT2D eigenvalue weighted by molar-refractivity contribution is -0.255. The van der Waals surface area contributed by atoms with Crippen molar-refractivity contribution in [3.63, 3.8) is 0 Å². The fourth-order valence-electron chi connectivity index (χ4n) is 3.13. The number of hydrogen-bond donors (Lipinski definition) is 1. The Morgan fingerprint density at radius 1 is 0.929 bits per heavy atom. The van der Waals surface area contributed by atoms with E-state index in [-0.39, 0.29) is 22.5 Å². The number of carboxylic acids is 1. The number of fused-ring (bicyclic) bond motifs is 2. The molecule has 0 saturated heterocycles. The fourth-order valence-corrected chi connectivity index (χ4v) is 4.26. The molecule has 1 amide bonds. The zero-order valence-electron chi connectivity index (χ0n) is 14.8. The lowest BCUT2D eigenvalue weighted by Gasteiger charge is -2.27. The molecule has 1 aliphatic heterocycles. The third-order valence-corrected chi connectivity index (χ3v) is 5.66. The van der Waals surface area contributed by atoms with Crippen LogP contribution in [0.4, 0.5) is 5.69 Å². The van der Waals surface area contributed by atoms with E-state index in [2.05, 4.69) is 5.32 Å². The van der Waals surface area contributed by atoms with Crippen LogP contribution in [-0.4, -0.2) is 17.6 Å². The molecule has 0 bridgehead atoms. The quantitative estimate of drug-likeness (QED) is 0.720. The molecule has 0 spiro atoms. The van der Waals surface area contributed by atoms with Gasteiger partial charge in [0.25, 0.3) is 0 Å². The number of benzene rings is 3. The number of carboxylic acid groups (broad SMARTS) is 1. The Balaban J connectivity index is 1.50. The zero-order chi connectivity index (χ0) is 19.5. The first-order chi connectivity index (χ1) is 13.6. The maximum Gasteiger partial charge on any atom is 0.234 e. The molecule has 6 heteroatoms. The van der Waals surface area contributed by atoms with E-state index < -0.39 is 5.97 Å². The van der Waals surface area contributed by atoms with Gasteiger partial charge in [0, 0.05) is 16.8 Å². The van der Waals surface area contributed by atoms with E-state index in [0.29, 0.717) is 5.69 Å². The van der Waals surface area contributed by atoms with Crippen LogP contribution < -0.4 is 15.2 Å². The molecule has 0 radical (unpaired) electrons. The number of amides is 1. The van der Waals surface area contributed by atoms with Gasteiger partial charge in [0.1, 0.15) is 11.5 Å². The molecule has 0 aromatic heterocycles. The van der Waals surface area contributed by atoms with Gasteiger partial charge in [-0.15, -0.1) is 11.8 Å². The molecule has 5 nitrogen and oxygen atoms in total. The monoisotopic (exact) mass is 390 g/mol. The summed E-state index contributed by atoms with van der Waals surface area (Å²) in [5.41, 5.74) is 2.51. The van der Waals surface area contributed by atoms with Crippen LogP contribution in [0.15, 0.2) is 72.8 Å². The number of carbonyl (C=O) groups excluding carboxylic acids is 2. The summed E-state index contributed by atoms with van der Waals surface area (Å²) in [5.74, 6) is 0.312. The Morgan fingerprint density at radius 2 is 1.57 bits per heavy atom. The number of carbonyl (C=O) groups is 2. The Hall–Kier alpha value is -3.25. The summed E-state index contributed by atoms with van der Waals surface area (Å²) in [7, 11) is 0. The third-order valence-electron chi connectivity index (χ3n) is 4.39. The van der Waals surface area contributed by atoms with E-state index in [4.69, 9.17) is 4.74 Å². The van der Waals surface area contributed by atoms with Gasteiger partial charge in [-0.3, -0.25) is 4.79 Å². The van der Waals surface area contributed by atoms with E-state index in [0.717, 1.165) is 22.6 Å². The highest BCUT2D eigenvalue weighted by Gasteiger charge is 2.27. The number of anilines is 1. The molecule has 1 heterocycles. The number of nitrogens with one attached hydrogen (secondary N) is 1. The van der Waals surface area contributed by atoms with Crippen molar-refractivity contribution in [2.24, 2.45) is 0 Å². The van der Waals surface area contributed by atoms with Crippen LogP contribution in [0.2, 0.25) is 0 Å². The van der Waals surface area contributed by atoms with E-state index in [1.165, 1.54) is 23.9 Å². The molecule has 0 saturated carbocycles. The van der Waals surface area contributed by atoms with Crippen molar-refractivity contribution in [3.8, 4) is 11.5 Å². The highest BCUT2D eigenvalue weighted by molar-refractivity contribution is 8.00. The van der Waals surface area contributed by atoms with Gasteiger partial charge in [0.2, 0.25) is 5.91 Å². The zero-order valence-corrected chi connectivity index (χ0v) is 15.6. The lowest BCUT2D eigenvalue weighted by Crippen LogP contribution is -2.22. The smallest absolute Gasteiger partial charge is 0.234 e. The summed E-state index contributed by atoms with van der Waals surface area (Å²) in [6, 6.07) is 21.6. The Morgan fingerprint density at radius 3 is 2.21 bits per heavy atom. The van der Waals surface area contributed by atoms with Crippen LogP contribution in [0.1, 0.15) is 26.7 Å². The van der Waals surface area contributed by atoms with Crippen LogP contribution in [0.5, 0.6) is 11.5 Å². The summed E-state index contributed by atoms with van der Waals surface area (Å²) < 4.78 is 5.97. The van der Waals surface area contributed by atoms with Crippen LogP contribution in [0.3, 0.4) is 0 Å². The first-order valence-electron chi connectivity index (χ1n) is 8.70. The molecule has 140 valence electrons. The summed E-state index contributed by atoms with van der Waals surface area (Å²) >= 11 is 1.50. The predicted octanol–water partition coefficient (Wildman–Crippen LogP) is 3.62. The number of aromatic carboxylic acids is 1. The van der Waals surface area contributed by atoms with Crippen LogP contribution in [-0.2, 0) is 4.79 Å². The fraction of sp³-hybridized carbons (Fsp3) is 0.0909. The van der Waals surface area contributed by atoms with Crippen molar-refractivity contribution < 1.29 is 19.4 Å². The predicted molar refractivity (Wildman–Crippen MR) is 107 cm³/mol. The van der Waals surface area contributed by atoms with Crippen LogP contribution in [0, 0.1) is 0 Å². The third kappa shape index (κ3) is 3.73. The molecule has 28 heavy (non-hydrogen) atoms. The molecule has 0 unspecified atom stereocenters. The molecule has 3 aromatic rings. The average molecular weight is 390 g/mol. The maximum atomic E-state index is 12.4. The minimum Gasteiger partial charge on any atom is -0.545 e. The van der Waals surface area contributed by atoms with E-state index in [1.807, 2.05) is 48.5 Å². The Labute approximate surface area is 166 Å². The summed E-state index contributed by atoms with van der Waals surface area (Å²) in [5, 5.41) is 13.7. The molecule has 0 fully saturated rings. The number of hydrogen-bond acceptors (Lipinski definition) is 5. The molecule has 4 rings (SSSR count). The number of rotatable bonds is 5. The summed E-state index contributed by atoms with van der Waals surface area (Å²) in [6.07, 6.45) is 0. The molecule has 3 aromatic carbocycles. The Bertz CT molecular complexity index is 1000. The molecule has 1 aliphatic rings. The van der Waals surface area contributed by atoms with E-state index >= 15 is 0 Å². The first kappa shape index (κ1) is 18.1. The molecular formula is C22H16NO4S-. The molecule has 1 N–H and O–H groups in total. The Kier molecular flexibility index (Phi) is 5.04. The van der Waals surface area contributed by atoms with E-state index in [1.54, 1.807) is 12.1 Å². The second-order valence-corrected chi connectivity index (χ2v) is 7.38. The number of para-hydroxylation sites is 2. The standard InChI is InChI=1S/C22H17NO4S/c24-20(23-15-7-5-6-14(12-15)22(25)26)13-28-21-16-8-1-3-10-18(16)27-19-11-4-2-9-17(19)21/h1-12,21H,13H2,(H,23,24)(H,25,26)/p-1. The lowest BCUT2D eigenvalue weighted by atomic mass is 10.00. The second kappa shape index (κ2) is 7.78. The van der Waals surface area contributed by atoms with Crippen LogP contribution in [0.25, 0.3) is 0 Å². The second-order valence-electron chi connectivity index (χ2n) is 6.29. The van der Waals surface area contributed by atoms with Crippen molar-refractivity contribution in [2.45, 2.75) is 5.25 Å². The van der Waals surface area contributed by atoms with Gasteiger partial charge in [0.15, 0.2) is 0 Å². The van der Waals surface area contributed by atoms with Crippen molar-refractivity contribution in [1.29, 1.82) is 0 Å². The summed E-state index contributed by atoms with van der Waals surface area (Å²) in [4.78, 5) is 23.4. The maximum absolute atomic E-state index is 12.4. The molecular weight excluding hydrogens is 374 g/mol. The summed E-state index contributed by atoms with van der Waals surface area (Å²) in [6.45, 7) is 0. The van der Waals surface area contributed by atoms with Gasteiger partial charge in [-0.05, 0) is 29.8 Å². The van der Waals surface area contributed by atoms with Crippen molar-refractivity contribution >= 4 is 29.3 Å². The average Bonchev–Trinajstić information content (AvgIpc) is 2.71. The molecule has 0 atom stereocenters. The van der Waals surface area contributed by atoms with Gasteiger partial charge in [-0.1, -0.05) is 48.5 Å². The van der Waals surface area contributed by atoms with Crippen molar-refractivity contribution in [1.82, 2.24) is 0 Å². The van der Waals surface area contributed by atoms with Crippen molar-refractivity contribution in [2.75, 3.05) is 11.1 Å². The molecule has 0 aliphatic carbocycles. The van der Waals surface area contributed by atoms with Gasteiger partial charge < -0.3 is 20.0 Å². The number of thioether (sulfide) groups is 1. The van der Waals surface area contributed by atoms with Gasteiger partial charge in [-0.25, -0.2) is 0 Å². The highest BCUT2D eigenvalue weighted by atomic mass is 32.2. The van der Waals surface area contributed by atoms with Gasteiger partial charge in [0.05, 0.1) is 17.0 Å². The van der Waals surface area contributed by atoms with Crippen LogP contribution >= 0.6 is 11.8 Å². The van der Waals surface area contributed by atoms with Gasteiger partial charge in [-0.2, -0.15) is 0 Å². The topological polar surface area (TPSA) is 78.5 Å². The largest absolute Gasteiger partial charge is 0.545 e. The minimum atomic E-state index is -1.28. The highest BCUT2D eigenvalue weighted by Crippen LogP contribution is 2.49. The van der Waals surface area contributed by atoms with Crippen molar-refractivity contribution in [3.05, 3.63) is 89.5 Å². The minimum absolute atomic E-state index is 0.0257. The van der Waals surface area contributed by atoms with Gasteiger partial charge >= 0.3 is 0 Å². The van der Waals surface area contributed by atoms with E-state index in [9.17, 15) is 14.7 Å². The SMILES string of the molecule is O=C(CSC1c2ccccc2Oc2ccccc21)Nc1cccc(C(=O)[O-])c1. The normalized spacial score (nSPS) is 12.4. The first-order valence-corrected chi connectivity index (χ1v) is 9.75. The number of ether oxygens (including phenoxy) is 1.